The van der Waals surface area contributed by atoms with Gasteiger partial charge in [-0.25, -0.2) is 0 Å². The average Bonchev–Trinajstić information content (AvgIpc) is 1.86. The van der Waals surface area contributed by atoms with E-state index in [1.807, 2.05) is 0 Å². The van der Waals surface area contributed by atoms with Crippen LogP contribution in [-0.4, -0.2) is 3.92 Å². The van der Waals surface area contributed by atoms with Gasteiger partial charge in [0.1, 0.15) is 0 Å². The summed E-state index contributed by atoms with van der Waals surface area (Å²) < 4.78 is 3.41. The van der Waals surface area contributed by atoms with E-state index in [-0.39, 0.29) is 0 Å². The molecule has 0 aromatic rings. The van der Waals surface area contributed by atoms with Gasteiger partial charge in [-0.05, 0) is 0 Å². The molecule has 0 amide bonds. The number of hydrogen-bond acceptors (Lipinski definition) is 0. The summed E-state index contributed by atoms with van der Waals surface area (Å²) in [5.74, 6) is 0. The van der Waals surface area contributed by atoms with Gasteiger partial charge in [0.2, 0.25) is 0 Å². The van der Waals surface area contributed by atoms with Crippen molar-refractivity contribution in [3.8, 4) is 0 Å². The minimum absolute atomic E-state index is 0.499. The quantitative estimate of drug-likeness (QED) is 0.322. The van der Waals surface area contributed by atoms with E-state index < -0.39 is 0 Å². The van der Waals surface area contributed by atoms with Crippen LogP contribution < -0.4 is 21.2 Å². The second kappa shape index (κ2) is 1.96. The molecule has 0 aliphatic carbocycles. The predicted octanol–water partition coefficient (Wildman–Crippen LogP) is -1.62. The van der Waals surface area contributed by atoms with Crippen molar-refractivity contribution in [1.82, 2.24) is 0 Å². The Morgan fingerprint density at radius 2 is 2.67 bits per heavy atom. The molecular formula is C5H8I-. The van der Waals surface area contributed by atoms with Crippen LogP contribution in [0.3, 0.4) is 0 Å². The summed E-state index contributed by atoms with van der Waals surface area (Å²) >= 11 is 0.499. The van der Waals surface area contributed by atoms with E-state index in [2.05, 4.69) is 17.1 Å². The van der Waals surface area contributed by atoms with Crippen LogP contribution in [0.5, 0.6) is 0 Å². The van der Waals surface area contributed by atoms with E-state index in [9.17, 15) is 0 Å². The standard InChI is InChI=1S/C5H8I/c1-5-3-2-4-6-5/h2,4-5H,3H2,1H3/q-1/t5-/m1/s1. The Bertz CT molecular complexity index is 58.3. The summed E-state index contributed by atoms with van der Waals surface area (Å²) in [6.07, 6.45) is 3.66. The molecule has 0 radical (unpaired) electrons. The fraction of sp³-hybridized carbons (Fsp3) is 0.600. The normalized spacial score (nSPS) is 33.2. The first-order valence-electron chi connectivity index (χ1n) is 2.16. The predicted molar refractivity (Wildman–Crippen MR) is 23.2 cm³/mol. The fourth-order valence-corrected chi connectivity index (χ4v) is 2.35. The molecule has 0 nitrogen and oxygen atoms in total. The van der Waals surface area contributed by atoms with Gasteiger partial charge >= 0.3 is 48.6 Å². The van der Waals surface area contributed by atoms with Crippen LogP contribution in [0.2, 0.25) is 0 Å². The molecule has 1 atom stereocenters. The minimum atomic E-state index is 0.499. The van der Waals surface area contributed by atoms with Gasteiger partial charge in [-0.1, -0.05) is 0 Å². The van der Waals surface area contributed by atoms with Crippen molar-refractivity contribution in [3.05, 3.63) is 10.2 Å². The number of alkyl halides is 1. The zero-order valence-electron chi connectivity index (χ0n) is 3.82. The molecule has 0 aromatic carbocycles. The van der Waals surface area contributed by atoms with Gasteiger partial charge in [-0.2, -0.15) is 0 Å². The Kier molecular flexibility index (Phi) is 1.51. The number of hydrogen-bond donors (Lipinski definition) is 0. The summed E-state index contributed by atoms with van der Waals surface area (Å²) in [6.45, 7) is 2.33. The van der Waals surface area contributed by atoms with Gasteiger partial charge in [-0.15, -0.1) is 0 Å². The SMILES string of the molecule is C[C@@H]1CC=C[I-]1. The molecule has 36 valence electrons. The summed E-state index contributed by atoms with van der Waals surface area (Å²) in [4.78, 5) is 0. The van der Waals surface area contributed by atoms with E-state index in [0.717, 1.165) is 3.92 Å². The molecule has 1 aliphatic heterocycles. The topological polar surface area (TPSA) is 0 Å². The van der Waals surface area contributed by atoms with Crippen LogP contribution >= 0.6 is 0 Å². The summed E-state index contributed by atoms with van der Waals surface area (Å²) in [5, 5.41) is 0. The van der Waals surface area contributed by atoms with Gasteiger partial charge < -0.3 is 0 Å². The molecule has 0 unspecified atom stereocenters. The molecule has 1 heteroatoms. The van der Waals surface area contributed by atoms with Crippen LogP contribution in [0, 0.1) is 0 Å². The summed E-state index contributed by atoms with van der Waals surface area (Å²) in [7, 11) is 0. The van der Waals surface area contributed by atoms with Crippen molar-refractivity contribution in [1.29, 1.82) is 0 Å². The molecule has 0 N–H and O–H groups in total. The van der Waals surface area contributed by atoms with E-state index in [0.29, 0.717) is 21.2 Å². The van der Waals surface area contributed by atoms with Crippen LogP contribution in [0.25, 0.3) is 0 Å². The Morgan fingerprint density at radius 1 is 1.83 bits per heavy atom. The van der Waals surface area contributed by atoms with Gasteiger partial charge in [0.05, 0.1) is 0 Å². The fourth-order valence-electron chi connectivity index (χ4n) is 0.466. The van der Waals surface area contributed by atoms with Crippen LogP contribution in [0.4, 0.5) is 0 Å². The molecule has 0 spiro atoms. The van der Waals surface area contributed by atoms with Crippen LogP contribution in [-0.2, 0) is 0 Å². The number of halogens is 1. The van der Waals surface area contributed by atoms with Gasteiger partial charge in [0.15, 0.2) is 0 Å². The van der Waals surface area contributed by atoms with Gasteiger partial charge in [-0.3, -0.25) is 0 Å². The molecule has 0 aromatic heterocycles. The molecule has 0 bridgehead atoms. The number of rotatable bonds is 0. The summed E-state index contributed by atoms with van der Waals surface area (Å²) in [6, 6.07) is 0. The molecule has 1 aliphatic rings. The van der Waals surface area contributed by atoms with E-state index in [1.54, 1.807) is 0 Å². The zero-order valence-corrected chi connectivity index (χ0v) is 5.97. The third-order valence-corrected chi connectivity index (χ3v) is 3.50. The van der Waals surface area contributed by atoms with E-state index in [1.165, 1.54) is 6.42 Å². The van der Waals surface area contributed by atoms with Crippen molar-refractivity contribution < 1.29 is 21.2 Å². The zero-order chi connectivity index (χ0) is 4.41. The molecule has 6 heavy (non-hydrogen) atoms. The monoisotopic (exact) mass is 195 g/mol. The first-order valence-corrected chi connectivity index (χ1v) is 4.65. The molecule has 0 saturated heterocycles. The third kappa shape index (κ3) is 0.965. The van der Waals surface area contributed by atoms with Crippen molar-refractivity contribution in [2.75, 3.05) is 0 Å². The van der Waals surface area contributed by atoms with Crippen molar-refractivity contribution in [2.24, 2.45) is 0 Å². The Labute approximate surface area is 48.9 Å². The molecule has 0 fully saturated rings. The maximum atomic E-state index is 2.36. The van der Waals surface area contributed by atoms with Gasteiger partial charge in [0, 0.05) is 0 Å². The Balaban J connectivity index is 2.32. The average molecular weight is 195 g/mol. The molecule has 1 rings (SSSR count). The maximum absolute atomic E-state index is 2.36. The van der Waals surface area contributed by atoms with Gasteiger partial charge in [0.25, 0.3) is 0 Å². The van der Waals surface area contributed by atoms with Crippen molar-refractivity contribution in [2.45, 2.75) is 17.3 Å². The van der Waals surface area contributed by atoms with E-state index >= 15 is 0 Å². The van der Waals surface area contributed by atoms with Crippen LogP contribution in [0.15, 0.2) is 10.2 Å². The Morgan fingerprint density at radius 3 is 2.83 bits per heavy atom. The molecule has 1 heterocycles. The second-order valence-electron chi connectivity index (χ2n) is 1.50. The van der Waals surface area contributed by atoms with Crippen LogP contribution in [0.1, 0.15) is 13.3 Å². The first-order chi connectivity index (χ1) is 2.89. The third-order valence-electron chi connectivity index (χ3n) is 0.838. The second-order valence-corrected chi connectivity index (χ2v) is 5.07. The van der Waals surface area contributed by atoms with Crippen molar-refractivity contribution in [3.63, 3.8) is 0 Å². The first kappa shape index (κ1) is 4.62. The molecule has 0 saturated carbocycles. The molecular weight excluding hydrogens is 187 g/mol. The number of allylic oxidation sites excluding steroid dienone is 1. The Hall–Kier alpha value is 0.470. The van der Waals surface area contributed by atoms with E-state index in [4.69, 9.17) is 0 Å². The van der Waals surface area contributed by atoms with Crippen molar-refractivity contribution >= 4 is 0 Å². The summed E-state index contributed by atoms with van der Waals surface area (Å²) in [5.41, 5.74) is 0.